The molecule has 0 bridgehead atoms. The minimum atomic E-state index is 1.01. The number of hydrogen-bond acceptors (Lipinski definition) is 1. The van der Waals surface area contributed by atoms with Gasteiger partial charge in [0.2, 0.25) is 0 Å². The highest BCUT2D eigenvalue weighted by molar-refractivity contribution is 5.66. The Morgan fingerprint density at radius 2 is 1.58 bits per heavy atom. The second kappa shape index (κ2) is 5.70. The smallest absolute Gasteiger partial charge is 0.137 e. The van der Waals surface area contributed by atoms with Gasteiger partial charge in [0, 0.05) is 17.5 Å². The Balaban J connectivity index is 0.000000637. The van der Waals surface area contributed by atoms with E-state index in [9.17, 15) is 0 Å². The SMILES string of the molecule is CC.Cc1ccc2nc(-c3ccccc3)c(C)n2c1. The number of aromatic nitrogens is 2. The molecule has 0 radical (unpaired) electrons. The molecule has 2 aromatic heterocycles. The zero-order valence-electron chi connectivity index (χ0n) is 12.0. The summed E-state index contributed by atoms with van der Waals surface area (Å²) in [5.41, 5.74) is 5.68. The van der Waals surface area contributed by atoms with Crippen molar-refractivity contribution < 1.29 is 0 Å². The van der Waals surface area contributed by atoms with E-state index in [-0.39, 0.29) is 0 Å². The van der Waals surface area contributed by atoms with Crippen molar-refractivity contribution in [1.82, 2.24) is 9.38 Å². The Morgan fingerprint density at radius 3 is 2.26 bits per heavy atom. The van der Waals surface area contributed by atoms with Gasteiger partial charge in [0.15, 0.2) is 0 Å². The van der Waals surface area contributed by atoms with Gasteiger partial charge in [0.25, 0.3) is 0 Å². The molecule has 0 N–H and O–H groups in total. The third-order valence-corrected chi connectivity index (χ3v) is 3.05. The standard InChI is InChI=1S/C15H14N2.C2H6/c1-11-8-9-14-16-15(12(2)17(14)10-11)13-6-4-3-5-7-13;1-2/h3-10H,1-2H3;1-2H3. The molecule has 0 unspecified atom stereocenters. The summed E-state index contributed by atoms with van der Waals surface area (Å²) in [4.78, 5) is 4.69. The van der Waals surface area contributed by atoms with E-state index >= 15 is 0 Å². The zero-order valence-corrected chi connectivity index (χ0v) is 12.0. The molecular formula is C17H20N2. The summed E-state index contributed by atoms with van der Waals surface area (Å²) in [6.07, 6.45) is 2.13. The molecule has 2 nitrogen and oxygen atoms in total. The lowest BCUT2D eigenvalue weighted by molar-refractivity contribution is 1.09. The van der Waals surface area contributed by atoms with Crippen molar-refractivity contribution in [1.29, 1.82) is 0 Å². The Bertz CT molecular complexity index is 666. The van der Waals surface area contributed by atoms with E-state index in [1.807, 2.05) is 32.0 Å². The van der Waals surface area contributed by atoms with Crippen LogP contribution in [0.2, 0.25) is 0 Å². The normalized spacial score (nSPS) is 10.1. The van der Waals surface area contributed by atoms with Gasteiger partial charge in [0.1, 0.15) is 5.65 Å². The molecular weight excluding hydrogens is 232 g/mol. The van der Waals surface area contributed by atoms with Gasteiger partial charge >= 0.3 is 0 Å². The van der Waals surface area contributed by atoms with Crippen LogP contribution in [0, 0.1) is 13.8 Å². The van der Waals surface area contributed by atoms with Crippen LogP contribution in [0.5, 0.6) is 0 Å². The number of benzene rings is 1. The molecule has 0 amide bonds. The lowest BCUT2D eigenvalue weighted by Crippen LogP contribution is -1.88. The highest BCUT2D eigenvalue weighted by Crippen LogP contribution is 2.23. The molecule has 3 rings (SSSR count). The van der Waals surface area contributed by atoms with Gasteiger partial charge in [0.05, 0.1) is 5.69 Å². The average molecular weight is 252 g/mol. The van der Waals surface area contributed by atoms with Crippen molar-refractivity contribution in [3.8, 4) is 11.3 Å². The molecule has 1 aromatic carbocycles. The highest BCUT2D eigenvalue weighted by atomic mass is 15.0. The van der Waals surface area contributed by atoms with Crippen molar-refractivity contribution in [2.24, 2.45) is 0 Å². The molecule has 0 aliphatic heterocycles. The van der Waals surface area contributed by atoms with Gasteiger partial charge < -0.3 is 4.40 Å². The predicted octanol–water partition coefficient (Wildman–Crippen LogP) is 4.64. The maximum Gasteiger partial charge on any atom is 0.137 e. The van der Waals surface area contributed by atoms with Crippen molar-refractivity contribution in [2.75, 3.05) is 0 Å². The number of aryl methyl sites for hydroxylation is 2. The first-order valence-electron chi connectivity index (χ1n) is 6.76. The van der Waals surface area contributed by atoms with Gasteiger partial charge in [-0.1, -0.05) is 50.2 Å². The van der Waals surface area contributed by atoms with Crippen LogP contribution in [0.4, 0.5) is 0 Å². The molecule has 98 valence electrons. The lowest BCUT2D eigenvalue weighted by atomic mass is 10.1. The van der Waals surface area contributed by atoms with Crippen molar-refractivity contribution in [3.05, 3.63) is 59.9 Å². The van der Waals surface area contributed by atoms with Gasteiger partial charge in [-0.25, -0.2) is 4.98 Å². The Morgan fingerprint density at radius 1 is 0.895 bits per heavy atom. The third kappa shape index (κ3) is 2.53. The van der Waals surface area contributed by atoms with Crippen LogP contribution in [0.15, 0.2) is 48.7 Å². The third-order valence-electron chi connectivity index (χ3n) is 3.05. The predicted molar refractivity (Wildman–Crippen MR) is 81.5 cm³/mol. The van der Waals surface area contributed by atoms with Crippen molar-refractivity contribution in [2.45, 2.75) is 27.7 Å². The van der Waals surface area contributed by atoms with E-state index in [2.05, 4.69) is 53.7 Å². The molecule has 2 heteroatoms. The molecule has 2 heterocycles. The fourth-order valence-corrected chi connectivity index (χ4v) is 2.14. The van der Waals surface area contributed by atoms with Crippen molar-refractivity contribution in [3.63, 3.8) is 0 Å². The van der Waals surface area contributed by atoms with E-state index in [0.29, 0.717) is 0 Å². The summed E-state index contributed by atoms with van der Waals surface area (Å²) in [6.45, 7) is 8.21. The molecule has 0 fully saturated rings. The lowest BCUT2D eigenvalue weighted by Gasteiger charge is -1.99. The molecule has 0 atom stereocenters. The summed E-state index contributed by atoms with van der Waals surface area (Å²) in [5, 5.41) is 0. The van der Waals surface area contributed by atoms with Crippen LogP contribution in [0.25, 0.3) is 16.9 Å². The Hall–Kier alpha value is -2.09. The number of nitrogens with zero attached hydrogens (tertiary/aromatic N) is 2. The van der Waals surface area contributed by atoms with E-state index in [4.69, 9.17) is 0 Å². The number of hydrogen-bond donors (Lipinski definition) is 0. The maximum absolute atomic E-state index is 4.69. The highest BCUT2D eigenvalue weighted by Gasteiger charge is 2.09. The zero-order chi connectivity index (χ0) is 13.8. The first kappa shape index (κ1) is 13.3. The van der Waals surface area contributed by atoms with Gasteiger partial charge in [-0.15, -0.1) is 0 Å². The Kier molecular flexibility index (Phi) is 4.00. The number of imidazole rings is 1. The fourth-order valence-electron chi connectivity index (χ4n) is 2.14. The molecule has 0 spiro atoms. The van der Waals surface area contributed by atoms with E-state index in [0.717, 1.165) is 11.3 Å². The van der Waals surface area contributed by atoms with E-state index in [1.165, 1.54) is 16.8 Å². The van der Waals surface area contributed by atoms with E-state index < -0.39 is 0 Å². The average Bonchev–Trinajstić information content (AvgIpc) is 2.79. The van der Waals surface area contributed by atoms with Crippen LogP contribution in [0.3, 0.4) is 0 Å². The molecule has 0 aliphatic carbocycles. The minimum Gasteiger partial charge on any atom is -0.303 e. The van der Waals surface area contributed by atoms with E-state index in [1.54, 1.807) is 0 Å². The molecule has 0 saturated carbocycles. The minimum absolute atomic E-state index is 1.01. The molecule has 0 saturated heterocycles. The molecule has 3 aromatic rings. The topological polar surface area (TPSA) is 17.3 Å². The summed E-state index contributed by atoms with van der Waals surface area (Å²) >= 11 is 0. The second-order valence-corrected chi connectivity index (χ2v) is 4.35. The monoisotopic (exact) mass is 252 g/mol. The van der Waals surface area contributed by atoms with Crippen LogP contribution in [-0.2, 0) is 0 Å². The van der Waals surface area contributed by atoms with Crippen LogP contribution in [0.1, 0.15) is 25.1 Å². The van der Waals surface area contributed by atoms with Crippen LogP contribution in [-0.4, -0.2) is 9.38 Å². The van der Waals surface area contributed by atoms with Gasteiger partial charge in [-0.05, 0) is 25.5 Å². The van der Waals surface area contributed by atoms with Gasteiger partial charge in [-0.3, -0.25) is 0 Å². The quantitative estimate of drug-likeness (QED) is 0.616. The Labute approximate surface area is 114 Å². The summed E-state index contributed by atoms with van der Waals surface area (Å²) in [6, 6.07) is 14.5. The second-order valence-electron chi connectivity index (χ2n) is 4.35. The first-order valence-corrected chi connectivity index (χ1v) is 6.76. The first-order chi connectivity index (χ1) is 9.25. The summed E-state index contributed by atoms with van der Waals surface area (Å²) in [5.74, 6) is 0. The van der Waals surface area contributed by atoms with Crippen LogP contribution < -0.4 is 0 Å². The molecule has 0 aliphatic rings. The number of rotatable bonds is 1. The van der Waals surface area contributed by atoms with Gasteiger partial charge in [-0.2, -0.15) is 0 Å². The summed E-state index contributed by atoms with van der Waals surface area (Å²) in [7, 11) is 0. The number of fused-ring (bicyclic) bond motifs is 1. The maximum atomic E-state index is 4.69. The molecule has 19 heavy (non-hydrogen) atoms. The van der Waals surface area contributed by atoms with Crippen LogP contribution >= 0.6 is 0 Å². The fraction of sp³-hybridized carbons (Fsp3) is 0.235. The van der Waals surface area contributed by atoms with Crippen molar-refractivity contribution >= 4 is 5.65 Å². The number of pyridine rings is 1. The largest absolute Gasteiger partial charge is 0.303 e. The summed E-state index contributed by atoms with van der Waals surface area (Å²) < 4.78 is 2.15.